The van der Waals surface area contributed by atoms with E-state index in [1.165, 1.54) is 21.0 Å². The number of carbonyl (C=O) groups excluding carboxylic acids is 1. The number of carbonyl (C=O) groups is 2. The van der Waals surface area contributed by atoms with Crippen molar-refractivity contribution in [3.8, 4) is 0 Å². The van der Waals surface area contributed by atoms with E-state index >= 15 is 0 Å². The van der Waals surface area contributed by atoms with Gasteiger partial charge in [0.25, 0.3) is 0 Å². The van der Waals surface area contributed by atoms with Gasteiger partial charge in [0.05, 0.1) is 18.3 Å². The third kappa shape index (κ3) is 6.02. The first-order valence-electron chi connectivity index (χ1n) is 5.87. The van der Waals surface area contributed by atoms with Crippen LogP contribution in [0, 0.1) is 5.41 Å². The lowest BCUT2D eigenvalue weighted by atomic mass is 9.97. The molecule has 0 aromatic rings. The molecule has 8 heteroatoms. The van der Waals surface area contributed by atoms with Gasteiger partial charge in [-0.15, -0.1) is 0 Å². The molecule has 0 rings (SSSR count). The molecular weight excluding hydrogens is 274 g/mol. The van der Waals surface area contributed by atoms with Crippen LogP contribution in [0.5, 0.6) is 0 Å². The molecule has 0 aliphatic heterocycles. The summed E-state index contributed by atoms with van der Waals surface area (Å²) in [6, 6.07) is -1.18. The Hall–Kier alpha value is -1.15. The number of ether oxygens (including phenoxy) is 1. The summed E-state index contributed by atoms with van der Waals surface area (Å²) in [5, 5.41) is 8.90. The summed E-state index contributed by atoms with van der Waals surface area (Å²) < 4.78 is 30.4. The van der Waals surface area contributed by atoms with Gasteiger partial charge in [-0.25, -0.2) is 13.1 Å². The van der Waals surface area contributed by atoms with Crippen LogP contribution in [0.1, 0.15) is 33.6 Å². The minimum absolute atomic E-state index is 0.188. The minimum atomic E-state index is -3.89. The summed E-state index contributed by atoms with van der Waals surface area (Å²) in [5.74, 6) is -2.43. The number of sulfonamides is 1. The predicted octanol–water partition coefficient (Wildman–Crippen LogP) is 0.358. The Kier molecular flexibility index (Phi) is 6.44. The van der Waals surface area contributed by atoms with E-state index in [0.29, 0.717) is 6.42 Å². The van der Waals surface area contributed by atoms with E-state index in [9.17, 15) is 18.0 Å². The zero-order chi connectivity index (χ0) is 15.3. The smallest absolute Gasteiger partial charge is 0.321 e. The van der Waals surface area contributed by atoms with Gasteiger partial charge in [0.1, 0.15) is 6.04 Å². The lowest BCUT2D eigenvalue weighted by Crippen LogP contribution is -2.45. The summed E-state index contributed by atoms with van der Waals surface area (Å²) in [6.07, 6.45) is 0.715. The van der Waals surface area contributed by atoms with Gasteiger partial charge in [-0.2, -0.15) is 0 Å². The molecule has 0 radical (unpaired) electrons. The Balaban J connectivity index is 4.89. The van der Waals surface area contributed by atoms with Gasteiger partial charge in [-0.05, 0) is 20.3 Å². The molecule has 0 bridgehead atoms. The van der Waals surface area contributed by atoms with E-state index in [-0.39, 0.29) is 6.42 Å². The molecule has 0 saturated carbocycles. The Morgan fingerprint density at radius 2 is 1.89 bits per heavy atom. The molecule has 0 fully saturated rings. The first-order chi connectivity index (χ1) is 8.55. The highest BCUT2D eigenvalue weighted by Gasteiger charge is 2.36. The number of nitrogens with one attached hydrogen (secondary N) is 1. The van der Waals surface area contributed by atoms with Crippen molar-refractivity contribution >= 4 is 22.0 Å². The van der Waals surface area contributed by atoms with Crippen LogP contribution in [-0.2, 0) is 24.3 Å². The van der Waals surface area contributed by atoms with E-state index in [2.05, 4.69) is 9.46 Å². The largest absolute Gasteiger partial charge is 0.480 e. The monoisotopic (exact) mass is 295 g/mol. The van der Waals surface area contributed by atoms with Gasteiger partial charge in [-0.3, -0.25) is 9.59 Å². The van der Waals surface area contributed by atoms with Gasteiger partial charge in [0.15, 0.2) is 0 Å². The Bertz CT molecular complexity index is 428. The summed E-state index contributed by atoms with van der Waals surface area (Å²) in [6.45, 7) is 4.60. The summed E-state index contributed by atoms with van der Waals surface area (Å²) in [7, 11) is -2.72. The molecule has 7 nitrogen and oxygen atoms in total. The van der Waals surface area contributed by atoms with Crippen molar-refractivity contribution in [3.05, 3.63) is 0 Å². The number of carboxylic acids is 1. The number of carboxylic acid groups (broad SMARTS) is 1. The maximum Gasteiger partial charge on any atom is 0.321 e. The van der Waals surface area contributed by atoms with Gasteiger partial charge in [0.2, 0.25) is 10.0 Å². The number of esters is 1. The predicted molar refractivity (Wildman–Crippen MR) is 69.1 cm³/mol. The molecular formula is C11H21NO6S. The summed E-state index contributed by atoms with van der Waals surface area (Å²) in [4.78, 5) is 22.3. The van der Waals surface area contributed by atoms with E-state index < -0.39 is 39.2 Å². The lowest BCUT2D eigenvalue weighted by Gasteiger charge is -2.22. The molecule has 0 spiro atoms. The van der Waals surface area contributed by atoms with Crippen LogP contribution in [0.2, 0.25) is 0 Å². The van der Waals surface area contributed by atoms with Crippen LogP contribution in [0.3, 0.4) is 0 Å². The Morgan fingerprint density at radius 3 is 2.26 bits per heavy atom. The van der Waals surface area contributed by atoms with Crippen molar-refractivity contribution in [3.63, 3.8) is 0 Å². The highest BCUT2D eigenvalue weighted by molar-refractivity contribution is 7.89. The first kappa shape index (κ1) is 17.8. The second-order valence-electron chi connectivity index (χ2n) is 4.93. The maximum absolute atomic E-state index is 11.9. The molecule has 2 N–H and O–H groups in total. The maximum atomic E-state index is 11.9. The molecule has 19 heavy (non-hydrogen) atoms. The highest BCUT2D eigenvalue weighted by atomic mass is 32.2. The normalized spacial score (nSPS) is 13.9. The molecule has 112 valence electrons. The van der Waals surface area contributed by atoms with E-state index in [1.807, 2.05) is 0 Å². The zero-order valence-electron chi connectivity index (χ0n) is 11.6. The standard InChI is InChI=1S/C11H21NO6S/c1-5-6-8(9(13)14)12-19(16,17)7-11(2,3)10(15)18-4/h8,12H,5-7H2,1-4H3,(H,13,14). The van der Waals surface area contributed by atoms with Gasteiger partial charge < -0.3 is 9.84 Å². The zero-order valence-corrected chi connectivity index (χ0v) is 12.4. The van der Waals surface area contributed by atoms with Crippen LogP contribution in [0.4, 0.5) is 0 Å². The van der Waals surface area contributed by atoms with Crippen LogP contribution in [-0.4, -0.2) is 44.4 Å². The highest BCUT2D eigenvalue weighted by Crippen LogP contribution is 2.19. The second-order valence-corrected chi connectivity index (χ2v) is 6.69. The van der Waals surface area contributed by atoms with Crippen molar-refractivity contribution in [1.82, 2.24) is 4.72 Å². The number of hydrogen-bond donors (Lipinski definition) is 2. The van der Waals surface area contributed by atoms with Crippen molar-refractivity contribution in [2.75, 3.05) is 12.9 Å². The number of methoxy groups -OCH3 is 1. The van der Waals surface area contributed by atoms with Crippen LogP contribution in [0.15, 0.2) is 0 Å². The van der Waals surface area contributed by atoms with E-state index in [1.54, 1.807) is 6.92 Å². The average molecular weight is 295 g/mol. The van der Waals surface area contributed by atoms with Crippen molar-refractivity contribution in [2.45, 2.75) is 39.7 Å². The number of hydrogen-bond acceptors (Lipinski definition) is 5. The lowest BCUT2D eigenvalue weighted by molar-refractivity contribution is -0.149. The molecule has 0 aliphatic carbocycles. The summed E-state index contributed by atoms with van der Waals surface area (Å²) in [5.41, 5.74) is -1.24. The fourth-order valence-corrected chi connectivity index (χ4v) is 3.39. The second kappa shape index (κ2) is 6.85. The average Bonchev–Trinajstić information content (AvgIpc) is 2.25. The number of rotatable bonds is 8. The third-order valence-corrected chi connectivity index (χ3v) is 4.23. The summed E-state index contributed by atoms with van der Waals surface area (Å²) >= 11 is 0. The van der Waals surface area contributed by atoms with E-state index in [4.69, 9.17) is 5.11 Å². The van der Waals surface area contributed by atoms with Crippen LogP contribution in [0.25, 0.3) is 0 Å². The molecule has 0 aromatic heterocycles. The SMILES string of the molecule is CCCC(NS(=O)(=O)CC(C)(C)C(=O)OC)C(=O)O. The van der Waals surface area contributed by atoms with Crippen molar-refractivity contribution < 1.29 is 27.9 Å². The Morgan fingerprint density at radius 1 is 1.37 bits per heavy atom. The topological polar surface area (TPSA) is 110 Å². The molecule has 0 heterocycles. The van der Waals surface area contributed by atoms with Gasteiger partial charge in [-0.1, -0.05) is 13.3 Å². The third-order valence-electron chi connectivity index (χ3n) is 2.49. The molecule has 0 saturated heterocycles. The number of aliphatic carboxylic acids is 1. The molecule has 0 aliphatic rings. The molecule has 0 aromatic carbocycles. The fourth-order valence-electron chi connectivity index (χ4n) is 1.59. The first-order valence-corrected chi connectivity index (χ1v) is 7.52. The van der Waals surface area contributed by atoms with Crippen molar-refractivity contribution in [1.29, 1.82) is 0 Å². The quantitative estimate of drug-likeness (QED) is 0.626. The van der Waals surface area contributed by atoms with Crippen LogP contribution >= 0.6 is 0 Å². The molecule has 1 atom stereocenters. The van der Waals surface area contributed by atoms with E-state index in [0.717, 1.165) is 0 Å². The fraction of sp³-hybridized carbons (Fsp3) is 0.818. The van der Waals surface area contributed by atoms with Crippen LogP contribution < -0.4 is 4.72 Å². The van der Waals surface area contributed by atoms with Crippen molar-refractivity contribution in [2.24, 2.45) is 5.41 Å². The molecule has 0 amide bonds. The van der Waals surface area contributed by atoms with Gasteiger partial charge >= 0.3 is 11.9 Å². The minimum Gasteiger partial charge on any atom is -0.480 e. The Labute approximate surface area is 113 Å². The molecule has 1 unspecified atom stereocenters. The van der Waals surface area contributed by atoms with Gasteiger partial charge in [0, 0.05) is 0 Å².